The molecule has 13 heteroatoms. The van der Waals surface area contributed by atoms with Gasteiger partial charge in [-0.15, -0.1) is 0 Å². The summed E-state index contributed by atoms with van der Waals surface area (Å²) in [5.74, 6) is 0. The van der Waals surface area contributed by atoms with Crippen LogP contribution in [-0.4, -0.2) is 40.9 Å². The van der Waals surface area contributed by atoms with Crippen molar-refractivity contribution in [2.45, 2.75) is 18.0 Å². The van der Waals surface area contributed by atoms with Crippen LogP contribution in [0.3, 0.4) is 0 Å². The molecule has 0 fully saturated rings. The van der Waals surface area contributed by atoms with E-state index in [2.05, 4.69) is 24.7 Å². The molecule has 0 saturated heterocycles. The second-order valence-electron chi connectivity index (χ2n) is 7.38. The third-order valence-corrected chi connectivity index (χ3v) is 6.66. The first-order valence-corrected chi connectivity index (χ1v) is 11.8. The Labute approximate surface area is 202 Å². The largest absolute Gasteiger partial charge is 0.416 e. The Morgan fingerprint density at radius 3 is 2.69 bits per heavy atom. The first-order valence-electron chi connectivity index (χ1n) is 9.95. The molecule has 3 heterocycles. The lowest BCUT2D eigenvalue weighted by atomic mass is 10.0. The van der Waals surface area contributed by atoms with Crippen LogP contribution in [-0.2, 0) is 16.2 Å². The zero-order valence-electron chi connectivity index (χ0n) is 17.9. The maximum Gasteiger partial charge on any atom is 0.416 e. The number of aryl methyl sites for hydroxylation is 1. The standard InChI is InChI=1S/C22H17ClF3N5O3S/c1-12-2-3-14(9-17(12)22(24,25)26)35(33,34)31-18-8-13(23)10-29-20(18)19(30-11-32)15-4-6-27-21-16(15)5-7-28-21/h2-10,31-32H,11H2,1H3,(H,27,28)/b30-19+. The Balaban J connectivity index is 1.84. The van der Waals surface area contributed by atoms with E-state index in [0.29, 0.717) is 22.7 Å². The van der Waals surface area contributed by atoms with Gasteiger partial charge in [0.15, 0.2) is 0 Å². The number of rotatable bonds is 6. The minimum Gasteiger partial charge on any atom is -0.375 e. The van der Waals surface area contributed by atoms with Crippen LogP contribution in [0.4, 0.5) is 18.9 Å². The summed E-state index contributed by atoms with van der Waals surface area (Å²) in [5.41, 5.74) is -0.207. The molecule has 35 heavy (non-hydrogen) atoms. The number of pyridine rings is 2. The smallest absolute Gasteiger partial charge is 0.375 e. The van der Waals surface area contributed by atoms with Crippen LogP contribution in [0.5, 0.6) is 0 Å². The summed E-state index contributed by atoms with van der Waals surface area (Å²) >= 11 is 6.05. The lowest BCUT2D eigenvalue weighted by Gasteiger charge is -2.16. The molecular formula is C22H17ClF3N5O3S. The van der Waals surface area contributed by atoms with Gasteiger partial charge in [-0.2, -0.15) is 13.2 Å². The third-order valence-electron chi connectivity index (χ3n) is 5.09. The number of alkyl halides is 3. The van der Waals surface area contributed by atoms with Crippen LogP contribution in [0.1, 0.15) is 22.4 Å². The molecule has 3 N–H and O–H groups in total. The minimum absolute atomic E-state index is 0.00359. The number of aromatic nitrogens is 3. The second-order valence-corrected chi connectivity index (χ2v) is 9.50. The van der Waals surface area contributed by atoms with Crippen molar-refractivity contribution in [2.24, 2.45) is 4.99 Å². The van der Waals surface area contributed by atoms with Crippen LogP contribution < -0.4 is 4.72 Å². The third kappa shape index (κ3) is 4.99. The number of H-pyrrole nitrogens is 1. The van der Waals surface area contributed by atoms with E-state index in [1.54, 1.807) is 18.3 Å². The number of aliphatic hydroxyl groups excluding tert-OH is 1. The fraction of sp³-hybridized carbons (Fsp3) is 0.136. The number of nitrogens with zero attached hydrogens (tertiary/aromatic N) is 3. The first kappa shape index (κ1) is 24.6. The van der Waals surface area contributed by atoms with E-state index in [-0.39, 0.29) is 27.7 Å². The molecule has 3 aromatic heterocycles. The van der Waals surface area contributed by atoms with Gasteiger partial charge in [0.25, 0.3) is 10.0 Å². The summed E-state index contributed by atoms with van der Waals surface area (Å²) in [6.07, 6.45) is -0.342. The van der Waals surface area contributed by atoms with Gasteiger partial charge in [-0.3, -0.25) is 14.7 Å². The lowest BCUT2D eigenvalue weighted by molar-refractivity contribution is -0.138. The fourth-order valence-electron chi connectivity index (χ4n) is 3.51. The highest BCUT2D eigenvalue weighted by molar-refractivity contribution is 7.92. The molecule has 182 valence electrons. The van der Waals surface area contributed by atoms with E-state index >= 15 is 0 Å². The van der Waals surface area contributed by atoms with Crippen molar-refractivity contribution in [2.75, 3.05) is 11.5 Å². The van der Waals surface area contributed by atoms with Crippen LogP contribution in [0, 0.1) is 6.92 Å². The molecule has 0 amide bonds. The highest BCUT2D eigenvalue weighted by atomic mass is 35.5. The number of hydrogen-bond acceptors (Lipinski definition) is 6. The number of benzene rings is 1. The molecule has 4 rings (SSSR count). The summed E-state index contributed by atoms with van der Waals surface area (Å²) in [5, 5.41) is 10.3. The topological polar surface area (TPSA) is 120 Å². The predicted octanol–water partition coefficient (Wildman–Crippen LogP) is 4.53. The number of fused-ring (bicyclic) bond motifs is 1. The van der Waals surface area contributed by atoms with Crippen molar-refractivity contribution in [3.63, 3.8) is 0 Å². The van der Waals surface area contributed by atoms with Crippen LogP contribution >= 0.6 is 11.6 Å². The van der Waals surface area contributed by atoms with Crippen molar-refractivity contribution in [1.82, 2.24) is 15.0 Å². The Hall–Kier alpha value is -3.48. The van der Waals surface area contributed by atoms with Crippen LogP contribution in [0.15, 0.2) is 64.9 Å². The molecule has 0 saturated carbocycles. The molecule has 0 radical (unpaired) electrons. The van der Waals surface area contributed by atoms with Crippen molar-refractivity contribution in [3.05, 3.63) is 82.4 Å². The molecule has 0 aliphatic carbocycles. The molecule has 0 bridgehead atoms. The normalized spacial score (nSPS) is 12.8. The summed E-state index contributed by atoms with van der Waals surface area (Å²) in [6.45, 7) is 0.590. The number of halogens is 4. The van der Waals surface area contributed by atoms with Crippen molar-refractivity contribution < 1.29 is 26.7 Å². The minimum atomic E-state index is -4.73. The molecule has 0 aliphatic heterocycles. The fourth-order valence-corrected chi connectivity index (χ4v) is 4.75. The Bertz CT molecular complexity index is 1550. The van der Waals surface area contributed by atoms with Gasteiger partial charge in [0, 0.05) is 29.5 Å². The van der Waals surface area contributed by atoms with E-state index < -0.39 is 33.4 Å². The monoisotopic (exact) mass is 523 g/mol. The number of sulfonamides is 1. The Morgan fingerprint density at radius 1 is 1.20 bits per heavy atom. The van der Waals surface area contributed by atoms with Gasteiger partial charge in [-0.1, -0.05) is 17.7 Å². The zero-order chi connectivity index (χ0) is 25.4. The lowest BCUT2D eigenvalue weighted by Crippen LogP contribution is -2.19. The Kier molecular flexibility index (Phi) is 6.54. The maximum absolute atomic E-state index is 13.4. The van der Waals surface area contributed by atoms with Gasteiger partial charge in [0.05, 0.1) is 26.9 Å². The number of aliphatic imine (C=N–C) groups is 1. The number of hydrogen-bond donors (Lipinski definition) is 3. The van der Waals surface area contributed by atoms with Gasteiger partial charge >= 0.3 is 6.18 Å². The summed E-state index contributed by atoms with van der Waals surface area (Å²) in [7, 11) is -4.50. The van der Waals surface area contributed by atoms with E-state index in [9.17, 15) is 26.7 Å². The molecule has 0 atom stereocenters. The summed E-state index contributed by atoms with van der Waals surface area (Å²) in [4.78, 5) is 14.8. The van der Waals surface area contributed by atoms with Gasteiger partial charge < -0.3 is 10.1 Å². The molecule has 1 aromatic carbocycles. The predicted molar refractivity (Wildman–Crippen MR) is 125 cm³/mol. The van der Waals surface area contributed by atoms with Crippen LogP contribution in [0.2, 0.25) is 5.02 Å². The van der Waals surface area contributed by atoms with Crippen LogP contribution in [0.25, 0.3) is 11.0 Å². The van der Waals surface area contributed by atoms with Crippen molar-refractivity contribution in [1.29, 1.82) is 0 Å². The quantitative estimate of drug-likeness (QED) is 0.321. The molecule has 8 nitrogen and oxygen atoms in total. The van der Waals surface area contributed by atoms with Gasteiger partial charge in [0.1, 0.15) is 18.1 Å². The first-order chi connectivity index (χ1) is 16.5. The zero-order valence-corrected chi connectivity index (χ0v) is 19.5. The molecular weight excluding hydrogens is 507 g/mol. The van der Waals surface area contributed by atoms with Gasteiger partial charge in [0.2, 0.25) is 0 Å². The van der Waals surface area contributed by atoms with E-state index in [1.807, 2.05) is 0 Å². The second kappa shape index (κ2) is 9.29. The van der Waals surface area contributed by atoms with Gasteiger partial charge in [-0.25, -0.2) is 13.4 Å². The summed E-state index contributed by atoms with van der Waals surface area (Å²) < 4.78 is 68.5. The molecule has 0 spiro atoms. The van der Waals surface area contributed by atoms with Crippen molar-refractivity contribution in [3.8, 4) is 0 Å². The number of aromatic amines is 1. The van der Waals surface area contributed by atoms with Crippen molar-refractivity contribution >= 4 is 44.1 Å². The van der Waals surface area contributed by atoms with E-state index in [1.165, 1.54) is 25.4 Å². The van der Waals surface area contributed by atoms with E-state index in [0.717, 1.165) is 12.1 Å². The average Bonchev–Trinajstić information content (AvgIpc) is 3.26. The molecule has 4 aromatic rings. The maximum atomic E-state index is 13.4. The average molecular weight is 524 g/mol. The number of nitrogens with one attached hydrogen (secondary N) is 2. The number of aliphatic hydroxyl groups is 1. The van der Waals surface area contributed by atoms with Gasteiger partial charge in [-0.05, 0) is 42.8 Å². The SMILES string of the molecule is Cc1ccc(S(=O)(=O)Nc2cc(Cl)cnc2/C(=N/CO)c2ccnc3[nH]ccc23)cc1C(F)(F)F. The van der Waals surface area contributed by atoms with E-state index in [4.69, 9.17) is 11.6 Å². The molecule has 0 aliphatic rings. The number of anilines is 1. The highest BCUT2D eigenvalue weighted by Gasteiger charge is 2.34. The molecule has 0 unspecified atom stereocenters. The Morgan fingerprint density at radius 2 is 1.97 bits per heavy atom. The highest BCUT2D eigenvalue weighted by Crippen LogP contribution is 2.34. The summed E-state index contributed by atoms with van der Waals surface area (Å²) in [6, 6.07) is 7.28.